The van der Waals surface area contributed by atoms with E-state index in [0.29, 0.717) is 5.75 Å². The van der Waals surface area contributed by atoms with Crippen LogP contribution in [-0.4, -0.2) is 18.2 Å². The number of benzene rings is 1. The second-order valence-electron chi connectivity index (χ2n) is 5.77. The Hall–Kier alpha value is -1.16. The highest BCUT2D eigenvalue weighted by molar-refractivity contribution is 8.00. The summed E-state index contributed by atoms with van der Waals surface area (Å²) in [6.07, 6.45) is 5.38. The first-order valence-electron chi connectivity index (χ1n) is 7.39. The van der Waals surface area contributed by atoms with Gasteiger partial charge >= 0.3 is 0 Å². The molecule has 3 N–H and O–H groups in total. The van der Waals surface area contributed by atoms with Crippen LogP contribution in [0.15, 0.2) is 29.2 Å². The fraction of sp³-hybridized carbons (Fsp3) is 0.562. The molecule has 0 heterocycles. The molecule has 3 nitrogen and oxygen atoms in total. The summed E-state index contributed by atoms with van der Waals surface area (Å²) >= 11 is 1.51. The molecular weight excluding hydrogens is 268 g/mol. The van der Waals surface area contributed by atoms with Gasteiger partial charge in [-0.15, -0.1) is 11.8 Å². The molecule has 1 aliphatic rings. The van der Waals surface area contributed by atoms with E-state index in [9.17, 15) is 4.79 Å². The van der Waals surface area contributed by atoms with Crippen LogP contribution in [0.2, 0.25) is 0 Å². The number of nitrogens with two attached hydrogens (primary N) is 1. The quantitative estimate of drug-likeness (QED) is 0.789. The normalized spacial score (nSPS) is 22.4. The van der Waals surface area contributed by atoms with Gasteiger partial charge in [0.1, 0.15) is 0 Å². The molecule has 2 atom stereocenters. The number of amides is 1. The van der Waals surface area contributed by atoms with E-state index >= 15 is 0 Å². The van der Waals surface area contributed by atoms with Crippen molar-refractivity contribution < 1.29 is 4.79 Å². The topological polar surface area (TPSA) is 55.1 Å². The van der Waals surface area contributed by atoms with Gasteiger partial charge in [-0.2, -0.15) is 0 Å². The minimum atomic E-state index is -0.272. The van der Waals surface area contributed by atoms with Crippen molar-refractivity contribution in [3.8, 4) is 0 Å². The fourth-order valence-electron chi connectivity index (χ4n) is 2.89. The number of rotatable bonds is 6. The van der Waals surface area contributed by atoms with Crippen molar-refractivity contribution in [2.75, 3.05) is 17.6 Å². The SMILES string of the molecule is CC1CCCC(CNc2ccccc2SCC(N)=O)C1. The lowest BCUT2D eigenvalue weighted by Gasteiger charge is -2.27. The maximum Gasteiger partial charge on any atom is 0.227 e. The van der Waals surface area contributed by atoms with Gasteiger partial charge in [0.25, 0.3) is 0 Å². The Morgan fingerprint density at radius 2 is 2.20 bits per heavy atom. The zero-order valence-electron chi connectivity index (χ0n) is 12.1. The third kappa shape index (κ3) is 4.75. The lowest BCUT2D eigenvalue weighted by atomic mass is 9.82. The molecule has 2 unspecified atom stereocenters. The van der Waals surface area contributed by atoms with Crippen LogP contribution in [0.4, 0.5) is 5.69 Å². The summed E-state index contributed by atoms with van der Waals surface area (Å²) in [5.41, 5.74) is 6.34. The minimum Gasteiger partial charge on any atom is -0.384 e. The highest BCUT2D eigenvalue weighted by Gasteiger charge is 2.18. The molecule has 110 valence electrons. The Bertz CT molecular complexity index is 450. The van der Waals surface area contributed by atoms with E-state index in [4.69, 9.17) is 5.73 Å². The highest BCUT2D eigenvalue weighted by Crippen LogP contribution is 2.31. The zero-order valence-corrected chi connectivity index (χ0v) is 12.9. The van der Waals surface area contributed by atoms with Crippen LogP contribution < -0.4 is 11.1 Å². The largest absolute Gasteiger partial charge is 0.384 e. The summed E-state index contributed by atoms with van der Waals surface area (Å²) in [6.45, 7) is 3.38. The van der Waals surface area contributed by atoms with Crippen LogP contribution in [0.25, 0.3) is 0 Å². The summed E-state index contributed by atoms with van der Waals surface area (Å²) in [5.74, 6) is 1.69. The molecule has 4 heteroatoms. The Balaban J connectivity index is 1.89. The molecule has 0 aromatic heterocycles. The number of thioether (sulfide) groups is 1. The van der Waals surface area contributed by atoms with Crippen LogP contribution >= 0.6 is 11.8 Å². The van der Waals surface area contributed by atoms with E-state index in [1.54, 1.807) is 0 Å². The van der Waals surface area contributed by atoms with Crippen LogP contribution in [-0.2, 0) is 4.79 Å². The van der Waals surface area contributed by atoms with E-state index in [0.717, 1.165) is 29.0 Å². The van der Waals surface area contributed by atoms with Gasteiger partial charge in [-0.25, -0.2) is 0 Å². The number of para-hydroxylation sites is 1. The lowest BCUT2D eigenvalue weighted by molar-refractivity contribution is -0.115. The van der Waals surface area contributed by atoms with Crippen molar-refractivity contribution in [1.29, 1.82) is 0 Å². The van der Waals surface area contributed by atoms with E-state index in [1.807, 2.05) is 18.2 Å². The molecule has 0 spiro atoms. The predicted octanol–water partition coefficient (Wildman–Crippen LogP) is 3.50. The van der Waals surface area contributed by atoms with Gasteiger partial charge in [0, 0.05) is 17.1 Å². The first kappa shape index (κ1) is 15.2. The van der Waals surface area contributed by atoms with Crippen molar-refractivity contribution in [3.63, 3.8) is 0 Å². The van der Waals surface area contributed by atoms with E-state index in [1.165, 1.54) is 37.4 Å². The molecular formula is C16H24N2OS. The second kappa shape index (κ2) is 7.58. The van der Waals surface area contributed by atoms with Gasteiger partial charge in [-0.3, -0.25) is 4.79 Å². The van der Waals surface area contributed by atoms with Crippen molar-refractivity contribution in [2.24, 2.45) is 17.6 Å². The van der Waals surface area contributed by atoms with Gasteiger partial charge in [0.15, 0.2) is 0 Å². The molecule has 0 saturated heterocycles. The highest BCUT2D eigenvalue weighted by atomic mass is 32.2. The van der Waals surface area contributed by atoms with Crippen molar-refractivity contribution in [3.05, 3.63) is 24.3 Å². The van der Waals surface area contributed by atoms with Gasteiger partial charge in [0.2, 0.25) is 5.91 Å². The average Bonchev–Trinajstić information content (AvgIpc) is 2.44. The molecule has 0 aliphatic heterocycles. The predicted molar refractivity (Wildman–Crippen MR) is 86.0 cm³/mol. The van der Waals surface area contributed by atoms with Gasteiger partial charge in [-0.1, -0.05) is 31.9 Å². The summed E-state index contributed by atoms with van der Waals surface area (Å²) in [6, 6.07) is 8.15. The standard InChI is InChI=1S/C16H24N2OS/c1-12-5-4-6-13(9-12)10-18-14-7-2-3-8-15(14)20-11-16(17)19/h2-3,7-8,12-13,18H,4-6,9-11H2,1H3,(H2,17,19). The summed E-state index contributed by atoms with van der Waals surface area (Å²) in [7, 11) is 0. The molecule has 1 aromatic rings. The molecule has 1 saturated carbocycles. The molecule has 1 amide bonds. The molecule has 20 heavy (non-hydrogen) atoms. The lowest BCUT2D eigenvalue weighted by Crippen LogP contribution is -2.21. The number of hydrogen-bond donors (Lipinski definition) is 2. The van der Waals surface area contributed by atoms with Crippen molar-refractivity contribution in [1.82, 2.24) is 0 Å². The average molecular weight is 292 g/mol. The molecule has 1 aliphatic carbocycles. The zero-order chi connectivity index (χ0) is 14.4. The molecule has 1 aromatic carbocycles. The van der Waals surface area contributed by atoms with Gasteiger partial charge < -0.3 is 11.1 Å². The van der Waals surface area contributed by atoms with Gasteiger partial charge in [-0.05, 0) is 36.8 Å². The van der Waals surface area contributed by atoms with E-state index in [2.05, 4.69) is 18.3 Å². The Kier molecular flexibility index (Phi) is 5.77. The number of nitrogens with one attached hydrogen (secondary N) is 1. The first-order valence-corrected chi connectivity index (χ1v) is 8.37. The molecule has 0 bridgehead atoms. The molecule has 1 fully saturated rings. The molecule has 0 radical (unpaired) electrons. The Labute approximate surface area is 125 Å². The molecule has 2 rings (SSSR count). The maximum absolute atomic E-state index is 10.9. The van der Waals surface area contributed by atoms with Crippen LogP contribution in [0, 0.1) is 11.8 Å². The van der Waals surface area contributed by atoms with Crippen molar-refractivity contribution in [2.45, 2.75) is 37.5 Å². The fourth-order valence-corrected chi connectivity index (χ4v) is 3.66. The third-order valence-corrected chi connectivity index (χ3v) is 4.98. The van der Waals surface area contributed by atoms with E-state index in [-0.39, 0.29) is 5.91 Å². The minimum absolute atomic E-state index is 0.272. The monoisotopic (exact) mass is 292 g/mol. The summed E-state index contributed by atoms with van der Waals surface area (Å²) in [4.78, 5) is 12.0. The summed E-state index contributed by atoms with van der Waals surface area (Å²) < 4.78 is 0. The maximum atomic E-state index is 10.9. The van der Waals surface area contributed by atoms with E-state index < -0.39 is 0 Å². The first-order chi connectivity index (χ1) is 9.65. The number of primary amides is 1. The van der Waals surface area contributed by atoms with Crippen molar-refractivity contribution >= 4 is 23.4 Å². The number of carbonyl (C=O) groups excluding carboxylic acids is 1. The Morgan fingerprint density at radius 1 is 1.40 bits per heavy atom. The number of anilines is 1. The third-order valence-electron chi connectivity index (χ3n) is 3.88. The second-order valence-corrected chi connectivity index (χ2v) is 6.79. The summed E-state index contributed by atoms with van der Waals surface area (Å²) in [5, 5.41) is 3.55. The number of hydrogen-bond acceptors (Lipinski definition) is 3. The van der Waals surface area contributed by atoms with Crippen LogP contribution in [0.1, 0.15) is 32.6 Å². The van der Waals surface area contributed by atoms with Gasteiger partial charge in [0.05, 0.1) is 5.75 Å². The van der Waals surface area contributed by atoms with Crippen LogP contribution in [0.3, 0.4) is 0 Å². The smallest absolute Gasteiger partial charge is 0.227 e. The van der Waals surface area contributed by atoms with Crippen LogP contribution in [0.5, 0.6) is 0 Å². The number of carbonyl (C=O) groups is 1. The Morgan fingerprint density at radius 3 is 2.95 bits per heavy atom.